The predicted octanol–water partition coefficient (Wildman–Crippen LogP) is 9.12. The Bertz CT molecular complexity index is 1110. The van der Waals surface area contributed by atoms with Gasteiger partial charge in [0.25, 0.3) is 0 Å². The quantitative estimate of drug-likeness (QED) is 0.280. The average molecular weight is 558 g/mol. The number of benzene rings is 3. The van der Waals surface area contributed by atoms with E-state index in [0.29, 0.717) is 35.4 Å². The van der Waals surface area contributed by atoms with Gasteiger partial charge in [0.2, 0.25) is 10.8 Å². The second-order valence-corrected chi connectivity index (χ2v) is 8.80. The lowest BCUT2D eigenvalue weighted by molar-refractivity contribution is -0.291. The molecule has 0 nitrogen and oxygen atoms in total. The van der Waals surface area contributed by atoms with E-state index in [4.69, 9.17) is 0 Å². The van der Waals surface area contributed by atoms with Gasteiger partial charge in [-0.05, 0) is 36.1 Å². The molecule has 38 heavy (non-hydrogen) atoms. The largest absolute Gasteiger partial charge is 0.411 e. The van der Waals surface area contributed by atoms with Crippen molar-refractivity contribution in [1.82, 2.24) is 0 Å². The highest BCUT2D eigenvalue weighted by Gasteiger charge is 2.74. The summed E-state index contributed by atoms with van der Waals surface area (Å²) in [5.74, 6) is 0. The lowest BCUT2D eigenvalue weighted by atomic mass is 9.69. The smallest absolute Gasteiger partial charge is 0.169 e. The van der Waals surface area contributed by atoms with Crippen LogP contribution in [-0.4, -0.2) is 24.7 Å². The monoisotopic (exact) mass is 558 g/mol. The van der Waals surface area contributed by atoms with Crippen molar-refractivity contribution in [2.75, 3.05) is 0 Å². The van der Waals surface area contributed by atoms with Crippen LogP contribution >= 0.6 is 0 Å². The number of alkyl halides is 12. The van der Waals surface area contributed by atoms with Crippen LogP contribution < -0.4 is 0 Å². The number of halogens is 12. The van der Waals surface area contributed by atoms with Crippen LogP contribution in [0, 0.1) is 13.8 Å². The number of hydrogen-bond donors (Lipinski definition) is 0. The van der Waals surface area contributed by atoms with Gasteiger partial charge in [0.15, 0.2) is 0 Å². The Balaban J connectivity index is 2.39. The zero-order valence-corrected chi connectivity index (χ0v) is 19.5. The molecule has 0 aliphatic heterocycles. The molecular weight excluding hydrogens is 540 g/mol. The molecule has 3 aromatic rings. The Hall–Kier alpha value is -3.18. The minimum atomic E-state index is -6.07. The summed E-state index contributed by atoms with van der Waals surface area (Å²) >= 11 is 0. The highest BCUT2D eigenvalue weighted by Crippen LogP contribution is 2.59. The van der Waals surface area contributed by atoms with Crippen LogP contribution in [0.1, 0.15) is 33.4 Å². The van der Waals surface area contributed by atoms with Gasteiger partial charge in [0, 0.05) is 0 Å². The molecule has 0 amide bonds. The summed E-state index contributed by atoms with van der Waals surface area (Å²) in [6, 6.07) is 6.20. The van der Waals surface area contributed by atoms with Gasteiger partial charge in [-0.25, -0.2) is 0 Å². The van der Waals surface area contributed by atoms with Gasteiger partial charge in [-0.15, -0.1) is 0 Å². The highest BCUT2D eigenvalue weighted by atomic mass is 19.4. The number of aryl methyl sites for hydroxylation is 2. The van der Waals surface area contributed by atoms with Crippen LogP contribution in [0.3, 0.4) is 0 Å². The van der Waals surface area contributed by atoms with Crippen molar-refractivity contribution in [3.63, 3.8) is 0 Å². The zero-order chi connectivity index (χ0) is 28.9. The summed E-state index contributed by atoms with van der Waals surface area (Å²) in [5.41, 5.74) is -14.6. The first-order valence-electron chi connectivity index (χ1n) is 10.7. The first-order chi connectivity index (χ1) is 17.2. The van der Waals surface area contributed by atoms with Crippen molar-refractivity contribution < 1.29 is 52.7 Å². The molecular formula is C26H18F12. The second-order valence-electron chi connectivity index (χ2n) is 8.80. The molecule has 206 valence electrons. The molecule has 0 saturated heterocycles. The highest BCUT2D eigenvalue weighted by molar-refractivity contribution is 5.50. The standard InChI is InChI=1S/C26H18F12/c1-15-3-7-17(8-4-15)21(23(27,28)29,24(30,31)32)19-11-13-20(14-12-19)22(25(33,34)35,26(36,37)38)18-9-5-16(2)6-10-18/h3-14H,1-2H3. The summed E-state index contributed by atoms with van der Waals surface area (Å²) in [6.07, 6.45) is -24.3. The maximum Gasteiger partial charge on any atom is 0.411 e. The van der Waals surface area contributed by atoms with E-state index in [-0.39, 0.29) is 24.3 Å². The van der Waals surface area contributed by atoms with Crippen LogP contribution in [0.4, 0.5) is 52.7 Å². The minimum absolute atomic E-state index is 0.0105. The fourth-order valence-corrected chi connectivity index (χ4v) is 4.54. The Kier molecular flexibility index (Phi) is 7.14. The van der Waals surface area contributed by atoms with Gasteiger partial charge >= 0.3 is 24.7 Å². The summed E-state index contributed by atoms with van der Waals surface area (Å²) in [6.45, 7) is 2.81. The van der Waals surface area contributed by atoms with E-state index in [1.54, 1.807) is 0 Å². The van der Waals surface area contributed by atoms with Crippen LogP contribution in [0.25, 0.3) is 0 Å². The third-order valence-corrected chi connectivity index (χ3v) is 6.42. The molecule has 0 radical (unpaired) electrons. The molecule has 3 aromatic carbocycles. The third-order valence-electron chi connectivity index (χ3n) is 6.42. The summed E-state index contributed by atoms with van der Waals surface area (Å²) in [7, 11) is 0. The van der Waals surface area contributed by atoms with Crippen LogP contribution in [0.2, 0.25) is 0 Å². The summed E-state index contributed by atoms with van der Waals surface area (Å²) in [4.78, 5) is 0. The van der Waals surface area contributed by atoms with Gasteiger partial charge < -0.3 is 0 Å². The van der Waals surface area contributed by atoms with E-state index in [1.165, 1.54) is 13.8 Å². The molecule has 0 spiro atoms. The molecule has 0 aliphatic rings. The van der Waals surface area contributed by atoms with E-state index < -0.39 is 57.8 Å². The van der Waals surface area contributed by atoms with Crippen LogP contribution in [-0.2, 0) is 10.8 Å². The first-order valence-corrected chi connectivity index (χ1v) is 10.7. The van der Waals surface area contributed by atoms with Gasteiger partial charge in [-0.3, -0.25) is 0 Å². The molecule has 0 N–H and O–H groups in total. The van der Waals surface area contributed by atoms with Gasteiger partial charge in [0.05, 0.1) is 0 Å². The van der Waals surface area contributed by atoms with Crippen molar-refractivity contribution in [1.29, 1.82) is 0 Å². The molecule has 0 aromatic heterocycles. The Morgan fingerprint density at radius 2 is 0.474 bits per heavy atom. The van der Waals surface area contributed by atoms with Gasteiger partial charge in [0.1, 0.15) is 0 Å². The van der Waals surface area contributed by atoms with Crippen molar-refractivity contribution >= 4 is 0 Å². The van der Waals surface area contributed by atoms with Crippen molar-refractivity contribution in [3.05, 3.63) is 106 Å². The fourth-order valence-electron chi connectivity index (χ4n) is 4.54. The first kappa shape index (κ1) is 29.4. The molecule has 12 heteroatoms. The molecule has 3 rings (SSSR count). The zero-order valence-electron chi connectivity index (χ0n) is 19.5. The maximum atomic E-state index is 14.3. The maximum absolute atomic E-state index is 14.3. The SMILES string of the molecule is Cc1ccc(C(c2ccc(C(c3ccc(C)cc3)(C(F)(F)F)C(F)(F)F)cc2)(C(F)(F)F)C(F)(F)F)cc1. The summed E-state index contributed by atoms with van der Waals surface area (Å²) < 4.78 is 171. The normalized spacial score (nSPS) is 14.1. The molecule has 0 heterocycles. The second kappa shape index (κ2) is 9.23. The predicted molar refractivity (Wildman–Crippen MR) is 115 cm³/mol. The minimum Gasteiger partial charge on any atom is -0.169 e. The lowest BCUT2D eigenvalue weighted by Crippen LogP contribution is -2.55. The molecule has 0 bridgehead atoms. The fraction of sp³-hybridized carbons (Fsp3) is 0.308. The topological polar surface area (TPSA) is 0 Å². The van der Waals surface area contributed by atoms with E-state index in [2.05, 4.69) is 0 Å². The Labute approximate surface area is 208 Å². The number of hydrogen-bond acceptors (Lipinski definition) is 0. The lowest BCUT2D eigenvalue weighted by Gasteiger charge is -2.40. The molecule has 0 unspecified atom stereocenters. The van der Waals surface area contributed by atoms with E-state index >= 15 is 0 Å². The van der Waals surface area contributed by atoms with E-state index in [0.717, 1.165) is 24.3 Å². The van der Waals surface area contributed by atoms with Gasteiger partial charge in [-0.1, -0.05) is 83.9 Å². The Morgan fingerprint density at radius 3 is 0.632 bits per heavy atom. The Morgan fingerprint density at radius 1 is 0.316 bits per heavy atom. The van der Waals surface area contributed by atoms with Crippen LogP contribution in [0.15, 0.2) is 72.8 Å². The van der Waals surface area contributed by atoms with Crippen molar-refractivity contribution in [2.45, 2.75) is 49.4 Å². The van der Waals surface area contributed by atoms with Gasteiger partial charge in [-0.2, -0.15) is 52.7 Å². The van der Waals surface area contributed by atoms with Crippen molar-refractivity contribution in [2.24, 2.45) is 0 Å². The average Bonchev–Trinajstić information content (AvgIpc) is 2.74. The third kappa shape index (κ3) is 4.41. The molecule has 0 fully saturated rings. The van der Waals surface area contributed by atoms with Crippen LogP contribution in [0.5, 0.6) is 0 Å². The molecule has 0 aliphatic carbocycles. The summed E-state index contributed by atoms with van der Waals surface area (Å²) in [5, 5.41) is 0. The van der Waals surface area contributed by atoms with Crippen molar-refractivity contribution in [3.8, 4) is 0 Å². The molecule has 0 saturated carbocycles. The van der Waals surface area contributed by atoms with E-state index in [9.17, 15) is 52.7 Å². The molecule has 0 atom stereocenters. The number of rotatable bonds is 4. The van der Waals surface area contributed by atoms with E-state index in [1.807, 2.05) is 0 Å².